The zero-order valence-corrected chi connectivity index (χ0v) is 14.3. The van der Waals surface area contributed by atoms with Gasteiger partial charge in [-0.1, -0.05) is 12.1 Å². The lowest BCUT2D eigenvalue weighted by molar-refractivity contribution is -0.128. The Labute approximate surface area is 143 Å². The molecule has 3 amide bonds. The smallest absolute Gasteiger partial charge is 0.387 e. The Bertz CT molecular complexity index is 644. The molecule has 0 radical (unpaired) electrons. The van der Waals surface area contributed by atoms with Crippen LogP contribution in [0.4, 0.5) is 13.6 Å². The maximum Gasteiger partial charge on any atom is 0.387 e. The van der Waals surface area contributed by atoms with E-state index >= 15 is 0 Å². The van der Waals surface area contributed by atoms with Gasteiger partial charge in [0, 0.05) is 5.54 Å². The summed E-state index contributed by atoms with van der Waals surface area (Å²) < 4.78 is 33.8. The summed E-state index contributed by atoms with van der Waals surface area (Å²) in [6.45, 7) is 3.30. The molecule has 0 aliphatic carbocycles. The highest BCUT2D eigenvalue weighted by atomic mass is 19.3. The average Bonchev–Trinajstić information content (AvgIpc) is 2.44. The summed E-state index contributed by atoms with van der Waals surface area (Å²) in [4.78, 5) is 35.5. The molecule has 0 fully saturated rings. The van der Waals surface area contributed by atoms with E-state index in [9.17, 15) is 23.2 Å². The van der Waals surface area contributed by atoms with Crippen molar-refractivity contribution in [2.45, 2.75) is 45.9 Å². The monoisotopic (exact) mass is 358 g/mol. The van der Waals surface area contributed by atoms with Crippen molar-refractivity contribution in [3.05, 3.63) is 29.8 Å². The van der Waals surface area contributed by atoms with E-state index in [1.54, 1.807) is 20.8 Å². The van der Waals surface area contributed by atoms with Crippen molar-refractivity contribution in [3.63, 3.8) is 0 Å². The van der Waals surface area contributed by atoms with Crippen LogP contribution in [0.15, 0.2) is 24.3 Å². The molecule has 1 aromatic carbocycles. The van der Waals surface area contributed by atoms with Gasteiger partial charge in [-0.15, -0.1) is 0 Å². The summed E-state index contributed by atoms with van der Waals surface area (Å²) in [5, 5.41) is 4.53. The van der Waals surface area contributed by atoms with Crippen LogP contribution in [0, 0.1) is 0 Å². The summed E-state index contributed by atoms with van der Waals surface area (Å²) in [5.74, 6) is -2.27. The van der Waals surface area contributed by atoms with Crippen molar-refractivity contribution in [1.82, 2.24) is 10.6 Å². The first-order valence-corrected chi connectivity index (χ1v) is 7.37. The number of hydrogen-bond donors (Lipinski definition) is 2. The molecule has 0 unspecified atom stereocenters. The molecule has 7 nitrogen and oxygen atoms in total. The van der Waals surface area contributed by atoms with Gasteiger partial charge < -0.3 is 14.8 Å². The minimum atomic E-state index is -3.12. The van der Waals surface area contributed by atoms with Gasteiger partial charge in [-0.05, 0) is 39.8 Å². The maximum atomic E-state index is 12.4. The van der Waals surface area contributed by atoms with Crippen LogP contribution in [0.1, 0.15) is 38.1 Å². The quantitative estimate of drug-likeness (QED) is 0.789. The van der Waals surface area contributed by atoms with E-state index in [0.717, 1.165) is 0 Å². The molecule has 138 valence electrons. The topological polar surface area (TPSA) is 93.7 Å². The molecule has 0 saturated heterocycles. The molecule has 25 heavy (non-hydrogen) atoms. The third-order valence-corrected chi connectivity index (χ3v) is 2.70. The summed E-state index contributed by atoms with van der Waals surface area (Å²) in [7, 11) is 0. The van der Waals surface area contributed by atoms with Gasteiger partial charge in [0.25, 0.3) is 5.91 Å². The largest absolute Gasteiger partial charge is 0.449 e. The minimum absolute atomic E-state index is 0.262. The number of benzene rings is 1. The second-order valence-corrected chi connectivity index (χ2v) is 6.12. The molecule has 0 heterocycles. The van der Waals surface area contributed by atoms with Crippen molar-refractivity contribution in [2.24, 2.45) is 0 Å². The predicted octanol–water partition coefficient (Wildman–Crippen LogP) is 2.46. The number of imide groups is 1. The standard InChI is InChI=1S/C16H20F2N2O5/c1-9(12(21)19-15(23)20-16(2,3)4)24-13(22)10-7-5-6-8-11(10)25-14(17)18/h5-9,14H,1-4H3,(H2,19,20,21,23)/t9-/m1/s1. The molecule has 0 spiro atoms. The lowest BCUT2D eigenvalue weighted by Crippen LogP contribution is -2.50. The molecule has 0 aromatic heterocycles. The van der Waals surface area contributed by atoms with E-state index in [1.165, 1.54) is 31.2 Å². The lowest BCUT2D eigenvalue weighted by Gasteiger charge is -2.21. The Hall–Kier alpha value is -2.71. The van der Waals surface area contributed by atoms with Crippen molar-refractivity contribution in [3.8, 4) is 5.75 Å². The number of para-hydroxylation sites is 1. The molecule has 0 aliphatic rings. The summed E-state index contributed by atoms with van der Waals surface area (Å²) in [6.07, 6.45) is -1.32. The van der Waals surface area contributed by atoms with E-state index in [-0.39, 0.29) is 11.3 Å². The number of ether oxygens (including phenoxy) is 2. The van der Waals surface area contributed by atoms with Gasteiger partial charge in [-0.3, -0.25) is 10.1 Å². The molecule has 2 N–H and O–H groups in total. The molecular weight excluding hydrogens is 338 g/mol. The Balaban J connectivity index is 2.71. The average molecular weight is 358 g/mol. The van der Waals surface area contributed by atoms with Crippen LogP contribution in [-0.2, 0) is 9.53 Å². The van der Waals surface area contributed by atoms with Crippen molar-refractivity contribution in [1.29, 1.82) is 0 Å². The highest BCUT2D eigenvalue weighted by Gasteiger charge is 2.24. The zero-order chi connectivity index (χ0) is 19.2. The van der Waals surface area contributed by atoms with Gasteiger partial charge in [0.2, 0.25) is 0 Å². The van der Waals surface area contributed by atoms with Crippen molar-refractivity contribution >= 4 is 17.9 Å². The summed E-state index contributed by atoms with van der Waals surface area (Å²) >= 11 is 0. The molecule has 0 saturated carbocycles. The van der Waals surface area contributed by atoms with Crippen LogP contribution < -0.4 is 15.4 Å². The Morgan fingerprint density at radius 3 is 2.28 bits per heavy atom. The van der Waals surface area contributed by atoms with Gasteiger partial charge in [-0.25, -0.2) is 9.59 Å². The maximum absolute atomic E-state index is 12.4. The van der Waals surface area contributed by atoms with E-state index in [1.807, 2.05) is 5.32 Å². The van der Waals surface area contributed by atoms with Crippen molar-refractivity contribution < 1.29 is 32.6 Å². The third kappa shape index (κ3) is 7.15. The van der Waals surface area contributed by atoms with Gasteiger partial charge in [0.05, 0.1) is 0 Å². The first kappa shape index (κ1) is 20.3. The minimum Gasteiger partial charge on any atom is -0.449 e. The highest BCUT2D eigenvalue weighted by molar-refractivity contribution is 5.99. The molecule has 9 heteroatoms. The molecule has 1 rings (SSSR count). The third-order valence-electron chi connectivity index (χ3n) is 2.70. The van der Waals surface area contributed by atoms with E-state index in [2.05, 4.69) is 10.1 Å². The fourth-order valence-electron chi connectivity index (χ4n) is 1.70. The number of halogens is 2. The van der Waals surface area contributed by atoms with E-state index in [4.69, 9.17) is 4.74 Å². The zero-order valence-electron chi connectivity index (χ0n) is 14.3. The molecule has 1 atom stereocenters. The van der Waals surface area contributed by atoms with Gasteiger partial charge in [0.15, 0.2) is 6.10 Å². The summed E-state index contributed by atoms with van der Waals surface area (Å²) in [5.41, 5.74) is -0.822. The van der Waals surface area contributed by atoms with Crippen LogP contribution in [0.25, 0.3) is 0 Å². The second-order valence-electron chi connectivity index (χ2n) is 6.12. The molecule has 1 aromatic rings. The van der Waals surface area contributed by atoms with Gasteiger partial charge in [-0.2, -0.15) is 8.78 Å². The number of amides is 3. The normalized spacial score (nSPS) is 12.3. The molecule has 0 bridgehead atoms. The number of rotatable bonds is 5. The van der Waals surface area contributed by atoms with Crippen LogP contribution in [0.2, 0.25) is 0 Å². The molecule has 0 aliphatic heterocycles. The van der Waals surface area contributed by atoms with Gasteiger partial charge >= 0.3 is 18.6 Å². The number of hydrogen-bond acceptors (Lipinski definition) is 5. The number of nitrogens with one attached hydrogen (secondary N) is 2. The van der Waals surface area contributed by atoms with Crippen LogP contribution in [-0.4, -0.2) is 36.2 Å². The number of alkyl halides is 2. The number of urea groups is 1. The van der Waals surface area contributed by atoms with Gasteiger partial charge in [0.1, 0.15) is 11.3 Å². The van der Waals surface area contributed by atoms with Crippen LogP contribution in [0.5, 0.6) is 5.75 Å². The van der Waals surface area contributed by atoms with Crippen LogP contribution >= 0.6 is 0 Å². The lowest BCUT2D eigenvalue weighted by atomic mass is 10.1. The van der Waals surface area contributed by atoms with E-state index in [0.29, 0.717) is 0 Å². The predicted molar refractivity (Wildman–Crippen MR) is 84.4 cm³/mol. The second kappa shape index (κ2) is 8.41. The number of esters is 1. The Morgan fingerprint density at radius 2 is 1.72 bits per heavy atom. The first-order chi connectivity index (χ1) is 11.5. The van der Waals surface area contributed by atoms with E-state index < -0.39 is 36.2 Å². The number of carbonyl (C=O) groups excluding carboxylic acids is 3. The number of carbonyl (C=O) groups is 3. The fourth-order valence-corrected chi connectivity index (χ4v) is 1.70. The SMILES string of the molecule is C[C@@H](OC(=O)c1ccccc1OC(F)F)C(=O)NC(=O)NC(C)(C)C. The highest BCUT2D eigenvalue weighted by Crippen LogP contribution is 2.21. The van der Waals surface area contributed by atoms with Crippen molar-refractivity contribution in [2.75, 3.05) is 0 Å². The van der Waals surface area contributed by atoms with Crippen LogP contribution in [0.3, 0.4) is 0 Å². The first-order valence-electron chi connectivity index (χ1n) is 7.37. The Morgan fingerprint density at radius 1 is 1.12 bits per heavy atom. The Kier molecular flexibility index (Phi) is 6.84. The fraction of sp³-hybridized carbons (Fsp3) is 0.438. The summed E-state index contributed by atoms with van der Waals surface area (Å²) in [6, 6.07) is 4.47. The molecular formula is C16H20F2N2O5.